The minimum Gasteiger partial charge on any atom is -0.427 e. The van der Waals surface area contributed by atoms with Gasteiger partial charge in [-0.3, -0.25) is 4.79 Å². The summed E-state index contributed by atoms with van der Waals surface area (Å²) in [6, 6.07) is 7.52. The Hall–Kier alpha value is -2.01. The number of nitrogens with zero attached hydrogens (tertiary/aromatic N) is 1. The Morgan fingerprint density at radius 3 is 2.74 bits per heavy atom. The molecular weight excluding hydrogens is 265 g/mol. The number of hydrogen-bond donors (Lipinski definition) is 0. The smallest absolute Gasteiger partial charge is 0.285 e. The van der Waals surface area contributed by atoms with E-state index in [0.717, 1.165) is 11.3 Å². The van der Waals surface area contributed by atoms with Crippen molar-refractivity contribution in [2.75, 3.05) is 0 Å². The van der Waals surface area contributed by atoms with E-state index in [-0.39, 0.29) is 17.3 Å². The van der Waals surface area contributed by atoms with Gasteiger partial charge in [0.2, 0.25) is 5.89 Å². The molecule has 0 spiro atoms. The molecule has 0 aliphatic heterocycles. The van der Waals surface area contributed by atoms with Crippen molar-refractivity contribution in [3.8, 4) is 11.5 Å². The maximum Gasteiger partial charge on any atom is 0.285 e. The molecular formula is C14H10FNO2S. The first-order chi connectivity index (χ1) is 9.17. The molecule has 3 aromatic rings. The number of halogens is 1. The highest BCUT2D eigenvalue weighted by atomic mass is 32.1. The van der Waals surface area contributed by atoms with E-state index in [1.807, 2.05) is 13.0 Å². The lowest BCUT2D eigenvalue weighted by molar-refractivity contribution is 0.601. The Balaban J connectivity index is 2.20. The van der Waals surface area contributed by atoms with E-state index < -0.39 is 0 Å². The van der Waals surface area contributed by atoms with Gasteiger partial charge in [-0.05, 0) is 36.8 Å². The van der Waals surface area contributed by atoms with Gasteiger partial charge in [-0.15, -0.1) is 11.3 Å². The molecule has 0 saturated carbocycles. The average molecular weight is 275 g/mol. The summed E-state index contributed by atoms with van der Waals surface area (Å²) in [5.74, 6) is -0.112. The zero-order valence-corrected chi connectivity index (χ0v) is 11.0. The van der Waals surface area contributed by atoms with Crippen molar-refractivity contribution >= 4 is 21.6 Å². The lowest BCUT2D eigenvalue weighted by atomic mass is 10.2. The van der Waals surface area contributed by atoms with Crippen LogP contribution in [0.3, 0.4) is 0 Å². The fourth-order valence-electron chi connectivity index (χ4n) is 1.80. The minimum absolute atomic E-state index is 0.224. The van der Waals surface area contributed by atoms with Gasteiger partial charge in [0.05, 0.1) is 5.39 Å². The number of benzene rings is 1. The monoisotopic (exact) mass is 275 g/mol. The van der Waals surface area contributed by atoms with Gasteiger partial charge in [0.1, 0.15) is 5.82 Å². The van der Waals surface area contributed by atoms with E-state index in [2.05, 4.69) is 4.98 Å². The second-order valence-electron chi connectivity index (χ2n) is 4.10. The number of hydrogen-bond acceptors (Lipinski definition) is 4. The van der Waals surface area contributed by atoms with E-state index in [0.29, 0.717) is 15.8 Å². The molecule has 2 aromatic heterocycles. The van der Waals surface area contributed by atoms with Crippen LogP contribution in [0.1, 0.15) is 11.8 Å². The van der Waals surface area contributed by atoms with Gasteiger partial charge >= 0.3 is 0 Å². The fraction of sp³-hybridized carbons (Fsp3) is 0.143. The minimum atomic E-state index is -0.337. The van der Waals surface area contributed by atoms with Crippen molar-refractivity contribution < 1.29 is 8.81 Å². The van der Waals surface area contributed by atoms with Gasteiger partial charge < -0.3 is 4.42 Å². The fourth-order valence-corrected chi connectivity index (χ4v) is 2.74. The zero-order chi connectivity index (χ0) is 13.4. The third kappa shape index (κ3) is 2.17. The molecule has 3 nitrogen and oxygen atoms in total. The predicted octanol–water partition coefficient (Wildman–Crippen LogP) is 3.62. The van der Waals surface area contributed by atoms with Crippen molar-refractivity contribution in [1.82, 2.24) is 4.98 Å². The second kappa shape index (κ2) is 4.59. The van der Waals surface area contributed by atoms with Crippen molar-refractivity contribution in [1.29, 1.82) is 0 Å². The lowest BCUT2D eigenvalue weighted by Gasteiger charge is -1.98. The summed E-state index contributed by atoms with van der Waals surface area (Å²) >= 11 is 1.44. The van der Waals surface area contributed by atoms with Gasteiger partial charge in [-0.1, -0.05) is 6.92 Å². The summed E-state index contributed by atoms with van der Waals surface area (Å²) in [5, 5.41) is 0.507. The Bertz CT molecular complexity index is 789. The van der Waals surface area contributed by atoms with Gasteiger partial charge in [0.15, 0.2) is 4.90 Å². The van der Waals surface area contributed by atoms with Gasteiger partial charge in [-0.2, -0.15) is 4.98 Å². The number of fused-ring (bicyclic) bond motifs is 1. The molecule has 5 heteroatoms. The van der Waals surface area contributed by atoms with E-state index in [9.17, 15) is 9.18 Å². The van der Waals surface area contributed by atoms with Crippen LogP contribution in [0.5, 0.6) is 0 Å². The maximum atomic E-state index is 12.9. The second-order valence-corrected chi connectivity index (χ2v) is 5.20. The van der Waals surface area contributed by atoms with Crippen LogP contribution >= 0.6 is 11.3 Å². The molecule has 0 bridgehead atoms. The van der Waals surface area contributed by atoms with Crippen molar-refractivity contribution in [2.45, 2.75) is 13.3 Å². The first-order valence-electron chi connectivity index (χ1n) is 5.87. The SMILES string of the molecule is CCc1cc2c(=O)nc(-c3ccc(F)cc3)oc2s1. The van der Waals surface area contributed by atoms with Crippen LogP contribution in [-0.4, -0.2) is 4.98 Å². The van der Waals surface area contributed by atoms with Crippen LogP contribution in [0, 0.1) is 5.82 Å². The third-order valence-corrected chi connectivity index (χ3v) is 3.97. The molecule has 0 aliphatic rings. The van der Waals surface area contributed by atoms with E-state index in [1.54, 1.807) is 12.1 Å². The quantitative estimate of drug-likeness (QED) is 0.717. The number of rotatable bonds is 2. The molecule has 2 heterocycles. The van der Waals surface area contributed by atoms with Crippen LogP contribution in [0.4, 0.5) is 4.39 Å². The molecule has 1 aromatic carbocycles. The number of aromatic nitrogens is 1. The Kier molecular flexibility index (Phi) is 2.91. The zero-order valence-electron chi connectivity index (χ0n) is 10.1. The summed E-state index contributed by atoms with van der Waals surface area (Å²) in [6.07, 6.45) is 0.847. The highest BCUT2D eigenvalue weighted by molar-refractivity contribution is 7.18. The van der Waals surface area contributed by atoms with Gasteiger partial charge in [0, 0.05) is 10.4 Å². The Morgan fingerprint density at radius 1 is 1.32 bits per heavy atom. The normalized spacial score (nSPS) is 11.1. The van der Waals surface area contributed by atoms with Crippen LogP contribution in [0.2, 0.25) is 0 Å². The number of aryl methyl sites for hydroxylation is 1. The third-order valence-electron chi connectivity index (χ3n) is 2.81. The largest absolute Gasteiger partial charge is 0.427 e. The van der Waals surface area contributed by atoms with Crippen LogP contribution in [0.15, 0.2) is 39.5 Å². The molecule has 0 amide bonds. The van der Waals surface area contributed by atoms with Crippen LogP contribution in [0.25, 0.3) is 21.7 Å². The molecule has 0 fully saturated rings. The van der Waals surface area contributed by atoms with Crippen molar-refractivity contribution in [2.24, 2.45) is 0 Å². The van der Waals surface area contributed by atoms with Crippen molar-refractivity contribution in [3.63, 3.8) is 0 Å². The summed E-state index contributed by atoms with van der Waals surface area (Å²) < 4.78 is 18.5. The molecule has 0 atom stereocenters. The maximum absolute atomic E-state index is 12.9. The first-order valence-corrected chi connectivity index (χ1v) is 6.68. The summed E-state index contributed by atoms with van der Waals surface area (Å²) in [5.41, 5.74) is 0.281. The molecule has 0 aliphatic carbocycles. The Morgan fingerprint density at radius 2 is 2.05 bits per heavy atom. The van der Waals surface area contributed by atoms with Crippen LogP contribution < -0.4 is 5.56 Å². The number of thiophene rings is 1. The van der Waals surface area contributed by atoms with E-state index in [4.69, 9.17) is 4.42 Å². The van der Waals surface area contributed by atoms with Crippen molar-refractivity contribution in [3.05, 3.63) is 51.4 Å². The topological polar surface area (TPSA) is 43.1 Å². The summed E-state index contributed by atoms with van der Waals surface area (Å²) in [7, 11) is 0. The first kappa shape index (κ1) is 12.0. The van der Waals surface area contributed by atoms with Crippen LogP contribution in [-0.2, 0) is 6.42 Å². The average Bonchev–Trinajstić information content (AvgIpc) is 2.83. The molecule has 3 rings (SSSR count). The summed E-state index contributed by atoms with van der Waals surface area (Å²) in [6.45, 7) is 2.02. The van der Waals surface area contributed by atoms with Gasteiger partial charge in [-0.25, -0.2) is 4.39 Å². The standard InChI is InChI=1S/C14H10FNO2S/c1-2-10-7-11-12(17)16-13(18-14(11)19-10)8-3-5-9(15)6-4-8/h3-7H,2H2,1H3. The predicted molar refractivity (Wildman–Crippen MR) is 72.9 cm³/mol. The highest BCUT2D eigenvalue weighted by Gasteiger charge is 2.11. The lowest BCUT2D eigenvalue weighted by Crippen LogP contribution is -2.05. The molecule has 0 radical (unpaired) electrons. The van der Waals surface area contributed by atoms with E-state index >= 15 is 0 Å². The highest BCUT2D eigenvalue weighted by Crippen LogP contribution is 2.27. The van der Waals surface area contributed by atoms with E-state index in [1.165, 1.54) is 23.5 Å². The summed E-state index contributed by atoms with van der Waals surface area (Å²) in [4.78, 5) is 17.5. The molecule has 0 unspecified atom stereocenters. The Labute approximate surface area is 112 Å². The molecule has 19 heavy (non-hydrogen) atoms. The molecule has 0 saturated heterocycles. The molecule has 0 N–H and O–H groups in total. The molecule has 96 valence electrons. The van der Waals surface area contributed by atoms with Gasteiger partial charge in [0.25, 0.3) is 5.56 Å².